The molecule has 0 bridgehead atoms. The van der Waals surface area contributed by atoms with Gasteiger partial charge in [0.1, 0.15) is 6.04 Å². The fraction of sp³-hybridized carbons (Fsp3) is 0.500. The number of fused-ring (bicyclic) bond motifs is 3. The molecule has 10 heteroatoms. The molecule has 1 amide bonds. The third-order valence-electron chi connectivity index (χ3n) is 11.5. The Morgan fingerprint density at radius 3 is 2.29 bits per heavy atom. The van der Waals surface area contributed by atoms with Gasteiger partial charge in [0.25, 0.3) is 5.91 Å². The van der Waals surface area contributed by atoms with Crippen molar-refractivity contribution in [1.82, 2.24) is 40.6 Å². The van der Waals surface area contributed by atoms with Crippen molar-refractivity contribution in [2.24, 2.45) is 5.92 Å². The van der Waals surface area contributed by atoms with E-state index in [0.717, 1.165) is 85.9 Å². The number of nitrogens with one attached hydrogen (secondary N) is 2. The number of nitriles is 1. The summed E-state index contributed by atoms with van der Waals surface area (Å²) in [6.45, 7) is 9.50. The Hall–Kier alpha value is -4.49. The Labute approximate surface area is 283 Å². The maximum atomic E-state index is 13.2. The van der Waals surface area contributed by atoms with Crippen LogP contribution in [-0.4, -0.2) is 93.6 Å². The van der Waals surface area contributed by atoms with Gasteiger partial charge in [0.05, 0.1) is 11.5 Å². The molecule has 2 N–H and O–H groups in total. The smallest absolute Gasteiger partial charge is 0.253 e. The molecule has 4 aliphatic rings. The number of rotatable bonds is 10. The van der Waals surface area contributed by atoms with Crippen molar-refractivity contribution in [2.45, 2.75) is 80.8 Å². The van der Waals surface area contributed by atoms with Gasteiger partial charge in [-0.3, -0.25) is 4.79 Å². The van der Waals surface area contributed by atoms with Crippen molar-refractivity contribution in [2.75, 3.05) is 34.7 Å². The van der Waals surface area contributed by atoms with Crippen molar-refractivity contribution >= 4 is 11.6 Å². The molecular weight excluding hydrogens is 598 g/mol. The van der Waals surface area contributed by atoms with Crippen LogP contribution < -0.4 is 5.32 Å². The Kier molecular flexibility index (Phi) is 8.15. The summed E-state index contributed by atoms with van der Waals surface area (Å²) >= 11 is 0. The van der Waals surface area contributed by atoms with Gasteiger partial charge in [-0.05, 0) is 96.9 Å². The molecule has 2 heterocycles. The second-order valence-electron chi connectivity index (χ2n) is 14.9. The number of H-pyrrole nitrogens is 1. The number of benzene rings is 2. The van der Waals surface area contributed by atoms with E-state index in [1.807, 2.05) is 25.1 Å². The second kappa shape index (κ2) is 12.2. The first-order valence-corrected chi connectivity index (χ1v) is 17.3. The monoisotopic (exact) mass is 645 g/mol. The van der Waals surface area contributed by atoms with E-state index in [4.69, 9.17) is 5.10 Å². The molecule has 0 radical (unpaired) electrons. The van der Waals surface area contributed by atoms with Crippen LogP contribution in [0.3, 0.4) is 0 Å². The summed E-state index contributed by atoms with van der Waals surface area (Å²) in [5.74, 6) is 1.25. The third-order valence-corrected chi connectivity index (χ3v) is 11.5. The number of tetrazole rings is 1. The fourth-order valence-electron chi connectivity index (χ4n) is 8.91. The van der Waals surface area contributed by atoms with Gasteiger partial charge < -0.3 is 20.0 Å². The summed E-state index contributed by atoms with van der Waals surface area (Å²) in [6, 6.07) is 15.8. The van der Waals surface area contributed by atoms with Crippen LogP contribution >= 0.6 is 0 Å². The summed E-state index contributed by atoms with van der Waals surface area (Å²) in [6.07, 6.45) is 8.66. The molecule has 3 fully saturated rings. The van der Waals surface area contributed by atoms with E-state index in [-0.39, 0.29) is 17.5 Å². The first-order valence-electron chi connectivity index (χ1n) is 17.3. The lowest BCUT2D eigenvalue weighted by molar-refractivity contribution is 0.0827. The van der Waals surface area contributed by atoms with Crippen LogP contribution in [0.1, 0.15) is 88.9 Å². The molecule has 2 unspecified atom stereocenters. The molecule has 3 aliphatic carbocycles. The highest BCUT2D eigenvalue weighted by atomic mass is 16.2. The van der Waals surface area contributed by atoms with E-state index < -0.39 is 5.41 Å². The van der Waals surface area contributed by atoms with Crippen molar-refractivity contribution in [3.63, 3.8) is 0 Å². The number of amides is 1. The normalized spacial score (nSPS) is 24.9. The highest BCUT2D eigenvalue weighted by Gasteiger charge is 2.54. The number of piperidine rings is 1. The first kappa shape index (κ1) is 32.1. The molecular formula is C38H47N9O. The van der Waals surface area contributed by atoms with E-state index in [0.29, 0.717) is 29.9 Å². The molecule has 3 aromatic rings. The van der Waals surface area contributed by atoms with E-state index in [1.54, 1.807) is 19.0 Å². The largest absolute Gasteiger partial charge is 0.378 e. The summed E-state index contributed by atoms with van der Waals surface area (Å²) in [4.78, 5) is 19.2. The zero-order chi connectivity index (χ0) is 33.8. The highest BCUT2D eigenvalue weighted by molar-refractivity contribution is 5.94. The predicted molar refractivity (Wildman–Crippen MR) is 186 cm³/mol. The van der Waals surface area contributed by atoms with Crippen LogP contribution in [0.2, 0.25) is 0 Å². The average molecular weight is 646 g/mol. The Bertz CT molecular complexity index is 1710. The van der Waals surface area contributed by atoms with Gasteiger partial charge in [0.15, 0.2) is 5.82 Å². The lowest BCUT2D eigenvalue weighted by atomic mass is 9.64. The number of carbonyl (C=O) groups is 1. The summed E-state index contributed by atoms with van der Waals surface area (Å²) in [5.41, 5.74) is 7.37. The molecule has 48 heavy (non-hydrogen) atoms. The standard InChI is InChI=1S/C38H47N9O/c1-24(47-31(21-39)19-30-20-34(30)47)22-40-37(15-7-8-16-37)23-38(36-41-43-44-42-36)32-13-11-26(25(2)45(3)4)17-27(32)9-10-28-18-29(12-14-33(28)38)35(48)46(5)6/h11-14,17-18,30-31,34,40H,1-2,7-10,15-16,19-20,22-23H2,3-6H3,(H,41,42,43,44)/t30-,31?,34+,38?/m1/s1. The number of aryl methyl sites for hydroxylation is 2. The highest BCUT2D eigenvalue weighted by Crippen LogP contribution is 2.52. The molecule has 1 aliphatic heterocycles. The lowest BCUT2D eigenvalue weighted by Gasteiger charge is -2.43. The Balaban J connectivity index is 1.36. The molecule has 0 spiro atoms. The number of aromatic amines is 1. The van der Waals surface area contributed by atoms with Crippen LogP contribution in [0, 0.1) is 17.2 Å². The molecule has 250 valence electrons. The number of nitrogens with zero attached hydrogens (tertiary/aromatic N) is 7. The van der Waals surface area contributed by atoms with Crippen LogP contribution in [0.4, 0.5) is 0 Å². The fourth-order valence-corrected chi connectivity index (χ4v) is 8.91. The van der Waals surface area contributed by atoms with E-state index in [1.165, 1.54) is 11.1 Å². The summed E-state index contributed by atoms with van der Waals surface area (Å²) < 4.78 is 0. The van der Waals surface area contributed by atoms with Crippen molar-refractivity contribution < 1.29 is 4.79 Å². The predicted octanol–water partition coefficient (Wildman–Crippen LogP) is 4.66. The molecule has 2 saturated carbocycles. The number of hydrogen-bond acceptors (Lipinski definition) is 8. The van der Waals surface area contributed by atoms with Crippen LogP contribution in [-0.2, 0) is 18.3 Å². The van der Waals surface area contributed by atoms with Gasteiger partial charge in [-0.2, -0.15) is 10.5 Å². The maximum Gasteiger partial charge on any atom is 0.253 e. The zero-order valence-corrected chi connectivity index (χ0v) is 28.7. The number of likely N-dealkylation sites (tertiary alicyclic amines) is 1. The van der Waals surface area contributed by atoms with Gasteiger partial charge in [-0.15, -0.1) is 10.2 Å². The molecule has 1 aromatic heterocycles. The molecule has 2 aromatic carbocycles. The molecule has 7 rings (SSSR count). The molecule has 4 atom stereocenters. The molecule has 1 saturated heterocycles. The van der Waals surface area contributed by atoms with Crippen molar-refractivity contribution in [3.8, 4) is 6.07 Å². The number of aromatic nitrogens is 4. The number of carbonyl (C=O) groups excluding carboxylic acids is 1. The van der Waals surface area contributed by atoms with E-state index in [9.17, 15) is 10.1 Å². The summed E-state index contributed by atoms with van der Waals surface area (Å²) in [7, 11) is 7.62. The summed E-state index contributed by atoms with van der Waals surface area (Å²) in [5, 5.41) is 30.3. The van der Waals surface area contributed by atoms with Gasteiger partial charge in [-0.1, -0.05) is 49.4 Å². The SMILES string of the molecule is C=C(c1ccc2c(c1)CCc1cc(C(=O)N(C)C)ccc1C2(CC1(NCC(=C)N2C(C#N)C[C@@H]3C[C@@H]32)CCCC1)c1nn[nH]n1)N(C)C. The van der Waals surface area contributed by atoms with Crippen LogP contribution in [0.15, 0.2) is 55.3 Å². The lowest BCUT2D eigenvalue weighted by Crippen LogP contribution is -2.51. The maximum absolute atomic E-state index is 13.2. The van der Waals surface area contributed by atoms with E-state index in [2.05, 4.69) is 75.3 Å². The topological polar surface area (TPSA) is 117 Å². The first-order chi connectivity index (χ1) is 23.1. The average Bonchev–Trinajstić information content (AvgIpc) is 3.44. The van der Waals surface area contributed by atoms with Crippen molar-refractivity contribution in [1.29, 1.82) is 5.26 Å². The van der Waals surface area contributed by atoms with Gasteiger partial charge >= 0.3 is 0 Å². The van der Waals surface area contributed by atoms with Crippen LogP contribution in [0.5, 0.6) is 0 Å². The van der Waals surface area contributed by atoms with E-state index >= 15 is 0 Å². The zero-order valence-electron chi connectivity index (χ0n) is 28.7. The Morgan fingerprint density at radius 2 is 1.69 bits per heavy atom. The van der Waals surface area contributed by atoms with Gasteiger partial charge in [0.2, 0.25) is 0 Å². The minimum absolute atomic E-state index is 0.0165. The quantitative estimate of drug-likeness (QED) is 0.327. The minimum atomic E-state index is -0.741. The number of hydrogen-bond donors (Lipinski definition) is 2. The minimum Gasteiger partial charge on any atom is -0.378 e. The van der Waals surface area contributed by atoms with Crippen molar-refractivity contribution in [3.05, 3.63) is 94.5 Å². The van der Waals surface area contributed by atoms with Gasteiger partial charge in [-0.25, -0.2) is 0 Å². The second-order valence-corrected chi connectivity index (χ2v) is 14.9. The molecule has 10 nitrogen and oxygen atoms in total. The Morgan fingerprint density at radius 1 is 1.02 bits per heavy atom. The van der Waals surface area contributed by atoms with Gasteiger partial charge in [0, 0.05) is 63.3 Å². The third kappa shape index (κ3) is 5.38. The van der Waals surface area contributed by atoms with Crippen LogP contribution in [0.25, 0.3) is 5.70 Å².